The van der Waals surface area contributed by atoms with Gasteiger partial charge in [0, 0.05) is 6.54 Å². The third-order valence-electron chi connectivity index (χ3n) is 2.08. The van der Waals surface area contributed by atoms with Crippen LogP contribution in [0.1, 0.15) is 6.92 Å². The number of aryl methyl sites for hydroxylation is 1. The molecule has 0 amide bonds. The van der Waals surface area contributed by atoms with Crippen molar-refractivity contribution in [1.82, 2.24) is 9.55 Å². The van der Waals surface area contributed by atoms with E-state index in [-0.39, 0.29) is 5.82 Å². The minimum absolute atomic E-state index is 0.323. The first kappa shape index (κ1) is 8.04. The first-order chi connectivity index (χ1) is 6.24. The lowest BCUT2D eigenvalue weighted by molar-refractivity contribution is 0.637. The molecule has 0 aliphatic rings. The zero-order valence-electron chi connectivity index (χ0n) is 7.29. The van der Waals surface area contributed by atoms with Gasteiger partial charge in [0.1, 0.15) is 5.52 Å². The van der Waals surface area contributed by atoms with Crippen molar-refractivity contribution in [2.75, 3.05) is 5.73 Å². The maximum absolute atomic E-state index is 13.2. The highest BCUT2D eigenvalue weighted by Gasteiger charge is 2.09. The summed E-state index contributed by atoms with van der Waals surface area (Å²) < 4.78 is 15.0. The highest BCUT2D eigenvalue weighted by molar-refractivity contribution is 5.78. The third kappa shape index (κ3) is 1.06. The van der Waals surface area contributed by atoms with Crippen LogP contribution in [-0.2, 0) is 6.54 Å². The second-order valence-electron chi connectivity index (χ2n) is 2.82. The molecule has 0 bridgehead atoms. The molecule has 2 N–H and O–H groups in total. The Bertz CT molecular complexity index is 447. The van der Waals surface area contributed by atoms with Crippen molar-refractivity contribution in [1.29, 1.82) is 0 Å². The second kappa shape index (κ2) is 2.73. The first-order valence-electron chi connectivity index (χ1n) is 4.14. The predicted octanol–water partition coefficient (Wildman–Crippen LogP) is 1.78. The van der Waals surface area contributed by atoms with Crippen LogP contribution in [0.15, 0.2) is 18.2 Å². The monoisotopic (exact) mass is 179 g/mol. The van der Waals surface area contributed by atoms with Crippen LogP contribution < -0.4 is 5.73 Å². The van der Waals surface area contributed by atoms with Crippen LogP contribution in [-0.4, -0.2) is 9.55 Å². The van der Waals surface area contributed by atoms with Gasteiger partial charge in [0.05, 0.1) is 5.52 Å². The fourth-order valence-corrected chi connectivity index (χ4v) is 1.46. The Balaban J connectivity index is 2.86. The molecule has 0 fully saturated rings. The minimum Gasteiger partial charge on any atom is -0.369 e. The van der Waals surface area contributed by atoms with Crippen molar-refractivity contribution in [3.8, 4) is 0 Å². The highest BCUT2D eigenvalue weighted by atomic mass is 19.1. The number of imidazole rings is 1. The number of rotatable bonds is 1. The molecular weight excluding hydrogens is 169 g/mol. The van der Waals surface area contributed by atoms with Crippen molar-refractivity contribution < 1.29 is 4.39 Å². The lowest BCUT2D eigenvalue weighted by Gasteiger charge is -1.99. The number of nitrogens with zero attached hydrogens (tertiary/aromatic N) is 2. The van der Waals surface area contributed by atoms with Crippen molar-refractivity contribution in [2.45, 2.75) is 13.5 Å². The van der Waals surface area contributed by atoms with Crippen LogP contribution in [0.5, 0.6) is 0 Å². The van der Waals surface area contributed by atoms with Gasteiger partial charge < -0.3 is 10.3 Å². The average molecular weight is 179 g/mol. The lowest BCUT2D eigenvalue weighted by Crippen LogP contribution is -2.00. The van der Waals surface area contributed by atoms with Crippen molar-refractivity contribution in [3.63, 3.8) is 0 Å². The molecule has 0 saturated heterocycles. The summed E-state index contributed by atoms with van der Waals surface area (Å²) in [6.45, 7) is 2.65. The summed E-state index contributed by atoms with van der Waals surface area (Å²) in [6, 6.07) is 4.85. The maximum Gasteiger partial charge on any atom is 0.201 e. The van der Waals surface area contributed by atoms with E-state index in [4.69, 9.17) is 5.73 Å². The molecular formula is C9H10FN3. The van der Waals surface area contributed by atoms with Crippen molar-refractivity contribution in [3.05, 3.63) is 24.0 Å². The van der Waals surface area contributed by atoms with Gasteiger partial charge in [0.15, 0.2) is 5.82 Å². The van der Waals surface area contributed by atoms with Crippen LogP contribution in [0.25, 0.3) is 11.0 Å². The molecule has 0 saturated carbocycles. The fraction of sp³-hybridized carbons (Fsp3) is 0.222. The Hall–Kier alpha value is -1.58. The quantitative estimate of drug-likeness (QED) is 0.725. The van der Waals surface area contributed by atoms with E-state index >= 15 is 0 Å². The summed E-state index contributed by atoms with van der Waals surface area (Å²) in [5.41, 5.74) is 6.72. The number of hydrogen-bond acceptors (Lipinski definition) is 2. The van der Waals surface area contributed by atoms with Gasteiger partial charge in [-0.3, -0.25) is 0 Å². The SMILES string of the molecule is CCn1c(N)nc2c(F)cccc21. The van der Waals surface area contributed by atoms with E-state index in [1.807, 2.05) is 13.0 Å². The Kier molecular flexibility index (Phi) is 1.69. The molecule has 0 aliphatic heterocycles. The highest BCUT2D eigenvalue weighted by Crippen LogP contribution is 2.19. The van der Waals surface area contributed by atoms with Crippen LogP contribution in [0.4, 0.5) is 10.3 Å². The third-order valence-corrected chi connectivity index (χ3v) is 2.08. The number of halogens is 1. The van der Waals surface area contributed by atoms with Crippen LogP contribution in [0.3, 0.4) is 0 Å². The van der Waals surface area contributed by atoms with Crippen LogP contribution in [0, 0.1) is 5.82 Å². The predicted molar refractivity (Wildman–Crippen MR) is 49.8 cm³/mol. The zero-order valence-corrected chi connectivity index (χ0v) is 7.29. The van der Waals surface area contributed by atoms with Gasteiger partial charge in [-0.25, -0.2) is 9.37 Å². The molecule has 4 heteroatoms. The van der Waals surface area contributed by atoms with E-state index in [9.17, 15) is 4.39 Å². The summed E-state index contributed by atoms with van der Waals surface area (Å²) in [5.74, 6) is 0.0407. The van der Waals surface area contributed by atoms with Gasteiger partial charge in [-0.1, -0.05) is 6.07 Å². The summed E-state index contributed by atoms with van der Waals surface area (Å²) in [4.78, 5) is 3.95. The zero-order chi connectivity index (χ0) is 9.42. The number of nitrogen functional groups attached to an aromatic ring is 1. The number of para-hydroxylation sites is 1. The number of hydrogen-bond donors (Lipinski definition) is 1. The van der Waals surface area contributed by atoms with Gasteiger partial charge in [0.25, 0.3) is 0 Å². The minimum atomic E-state index is -0.323. The molecule has 1 heterocycles. The molecule has 2 rings (SSSR count). The van der Waals surface area contributed by atoms with Crippen LogP contribution in [0.2, 0.25) is 0 Å². The average Bonchev–Trinajstić information content (AvgIpc) is 2.43. The molecule has 13 heavy (non-hydrogen) atoms. The largest absolute Gasteiger partial charge is 0.369 e. The second-order valence-corrected chi connectivity index (χ2v) is 2.82. The molecule has 1 aromatic carbocycles. The summed E-state index contributed by atoms with van der Waals surface area (Å²) in [5, 5.41) is 0. The number of aromatic nitrogens is 2. The van der Waals surface area contributed by atoms with E-state index in [1.165, 1.54) is 6.07 Å². The molecule has 68 valence electrons. The van der Waals surface area contributed by atoms with Gasteiger partial charge in [0.2, 0.25) is 5.95 Å². The van der Waals surface area contributed by atoms with Gasteiger partial charge in [-0.15, -0.1) is 0 Å². The van der Waals surface area contributed by atoms with Crippen molar-refractivity contribution in [2.24, 2.45) is 0 Å². The summed E-state index contributed by atoms with van der Waals surface area (Å²) >= 11 is 0. The molecule has 0 aliphatic carbocycles. The molecule has 0 spiro atoms. The van der Waals surface area contributed by atoms with Gasteiger partial charge in [-0.05, 0) is 19.1 Å². The normalized spacial score (nSPS) is 10.9. The van der Waals surface area contributed by atoms with E-state index in [0.29, 0.717) is 18.0 Å². The topological polar surface area (TPSA) is 43.8 Å². The van der Waals surface area contributed by atoms with Crippen molar-refractivity contribution >= 4 is 17.0 Å². The Morgan fingerprint density at radius 2 is 2.31 bits per heavy atom. The lowest BCUT2D eigenvalue weighted by atomic mass is 10.3. The summed E-state index contributed by atoms with van der Waals surface area (Å²) in [6.07, 6.45) is 0. The van der Waals surface area contributed by atoms with E-state index in [1.54, 1.807) is 10.6 Å². The molecule has 0 atom stereocenters. The Morgan fingerprint density at radius 3 is 3.00 bits per heavy atom. The number of benzene rings is 1. The smallest absolute Gasteiger partial charge is 0.201 e. The molecule has 1 aromatic heterocycles. The van der Waals surface area contributed by atoms with Crippen LogP contribution >= 0.6 is 0 Å². The van der Waals surface area contributed by atoms with E-state index in [2.05, 4.69) is 4.98 Å². The number of fused-ring (bicyclic) bond motifs is 1. The maximum atomic E-state index is 13.2. The van der Waals surface area contributed by atoms with Gasteiger partial charge >= 0.3 is 0 Å². The molecule has 0 radical (unpaired) electrons. The Morgan fingerprint density at radius 1 is 1.54 bits per heavy atom. The molecule has 2 aromatic rings. The van der Waals surface area contributed by atoms with E-state index in [0.717, 1.165) is 5.52 Å². The number of anilines is 1. The number of nitrogens with two attached hydrogens (primary N) is 1. The molecule has 0 unspecified atom stereocenters. The van der Waals surface area contributed by atoms with Gasteiger partial charge in [-0.2, -0.15) is 0 Å². The standard InChI is InChI=1S/C9H10FN3/c1-2-13-7-5-3-4-6(10)8(7)12-9(13)11/h3-5H,2H2,1H3,(H2,11,12). The molecule has 3 nitrogen and oxygen atoms in total. The summed E-state index contributed by atoms with van der Waals surface area (Å²) in [7, 11) is 0. The Labute approximate surface area is 75.0 Å². The van der Waals surface area contributed by atoms with E-state index < -0.39 is 0 Å². The fourth-order valence-electron chi connectivity index (χ4n) is 1.46. The first-order valence-corrected chi connectivity index (χ1v) is 4.14.